The monoisotopic (exact) mass is 542 g/mol. The predicted molar refractivity (Wildman–Crippen MR) is 163 cm³/mol. The predicted octanol–water partition coefficient (Wildman–Crippen LogP) is 7.75. The Kier molecular flexibility index (Phi) is 19.5. The Morgan fingerprint density at radius 1 is 0.974 bits per heavy atom. The van der Waals surface area contributed by atoms with Crippen LogP contribution in [0.1, 0.15) is 39.2 Å². The van der Waals surface area contributed by atoms with Crippen LogP contribution < -0.4 is 4.74 Å². The molecule has 6 nitrogen and oxygen atoms in total. The number of nitrogens with zero attached hydrogens (tertiary/aromatic N) is 4. The van der Waals surface area contributed by atoms with Gasteiger partial charge in [-0.25, -0.2) is 4.39 Å². The molecule has 1 aromatic carbocycles. The fourth-order valence-corrected chi connectivity index (χ4v) is 2.75. The van der Waals surface area contributed by atoms with Gasteiger partial charge in [0.1, 0.15) is 30.5 Å². The van der Waals surface area contributed by atoms with Crippen molar-refractivity contribution in [3.8, 4) is 5.75 Å². The summed E-state index contributed by atoms with van der Waals surface area (Å²) in [5.41, 5.74) is 1.89. The molecule has 1 rings (SSSR count). The molecule has 0 bridgehead atoms. The average molecular weight is 543 g/mol. The van der Waals surface area contributed by atoms with Crippen LogP contribution in [0.15, 0.2) is 98.3 Å². The fourth-order valence-electron chi connectivity index (χ4n) is 2.65. The molecule has 38 heavy (non-hydrogen) atoms. The number of hydrogen-bond donors (Lipinski definition) is 0. The van der Waals surface area contributed by atoms with E-state index in [1.165, 1.54) is 12.1 Å². The highest BCUT2D eigenvalue weighted by atomic mass is 35.5. The van der Waals surface area contributed by atoms with Crippen LogP contribution in [0.2, 0.25) is 0 Å². The first-order valence-corrected chi connectivity index (χ1v) is 12.5. The van der Waals surface area contributed by atoms with Gasteiger partial charge in [-0.2, -0.15) is 0 Å². The standard InChI is InChI=1S/C15H21ClN2O.C15H19FN2O/c1-12(2)14(4)15(11-13(3)16)19-10-9-18-8-6-7-17-5;1-12(2)14-6-5-13(16)11-15(14)19-10-9-18-8-4-7-17-3/h6-8,11-12H,3-5,9-10H2,1-2H3;4-8,11-12H,3,9-10H2,1-2H3/b7-6-,15-11+,18-8?;7-4-,18-8?. The van der Waals surface area contributed by atoms with Gasteiger partial charge in [-0.3, -0.25) is 20.0 Å². The van der Waals surface area contributed by atoms with Crippen LogP contribution in [0, 0.1) is 11.7 Å². The van der Waals surface area contributed by atoms with E-state index in [-0.39, 0.29) is 11.7 Å². The number of hydrogen-bond acceptors (Lipinski definition) is 6. The Bertz CT molecular complexity index is 1040. The first-order valence-electron chi connectivity index (χ1n) is 12.2. The van der Waals surface area contributed by atoms with Gasteiger partial charge in [0.2, 0.25) is 0 Å². The second kappa shape index (κ2) is 21.5. The maximum absolute atomic E-state index is 13.2. The van der Waals surface area contributed by atoms with Crippen molar-refractivity contribution in [2.45, 2.75) is 33.6 Å². The van der Waals surface area contributed by atoms with E-state index in [9.17, 15) is 4.39 Å². The quantitative estimate of drug-likeness (QED) is 0.0927. The Labute approximate surface area is 232 Å². The molecule has 0 aliphatic rings. The van der Waals surface area contributed by atoms with E-state index in [0.29, 0.717) is 48.8 Å². The Hall–Kier alpha value is -3.58. The maximum atomic E-state index is 13.2. The van der Waals surface area contributed by atoms with Gasteiger partial charge < -0.3 is 9.47 Å². The molecule has 0 radical (unpaired) electrons. The molecule has 1 aromatic rings. The molecule has 0 spiro atoms. The second-order valence-corrected chi connectivity index (χ2v) is 8.81. The van der Waals surface area contributed by atoms with Crippen LogP contribution in [0.3, 0.4) is 0 Å². The molecule has 206 valence electrons. The third kappa shape index (κ3) is 17.0. The molecule has 0 atom stereocenters. The summed E-state index contributed by atoms with van der Waals surface area (Å²) in [7, 11) is 0. The summed E-state index contributed by atoms with van der Waals surface area (Å²) in [6.45, 7) is 24.3. The van der Waals surface area contributed by atoms with Crippen molar-refractivity contribution in [3.05, 3.63) is 89.7 Å². The Balaban J connectivity index is 0.000000721. The van der Waals surface area contributed by atoms with E-state index in [1.807, 2.05) is 27.7 Å². The summed E-state index contributed by atoms with van der Waals surface area (Å²) in [6.07, 6.45) is 11.5. The van der Waals surface area contributed by atoms with Crippen molar-refractivity contribution in [2.75, 3.05) is 26.3 Å². The van der Waals surface area contributed by atoms with Crippen molar-refractivity contribution >= 4 is 37.5 Å². The van der Waals surface area contributed by atoms with E-state index in [1.54, 1.807) is 49.1 Å². The lowest BCUT2D eigenvalue weighted by Crippen LogP contribution is -2.04. The molecule has 0 heterocycles. The molecule has 0 fully saturated rings. The van der Waals surface area contributed by atoms with Gasteiger partial charge in [0.15, 0.2) is 0 Å². The maximum Gasteiger partial charge on any atom is 0.126 e. The minimum Gasteiger partial charge on any atom is -0.491 e. The molecule has 0 saturated heterocycles. The second-order valence-electron chi connectivity index (χ2n) is 8.33. The minimum absolute atomic E-state index is 0.285. The van der Waals surface area contributed by atoms with Crippen LogP contribution in [-0.4, -0.2) is 52.2 Å². The zero-order valence-electron chi connectivity index (χ0n) is 22.9. The van der Waals surface area contributed by atoms with Crippen LogP contribution in [0.5, 0.6) is 5.75 Å². The number of aliphatic imine (C=N–C) groups is 4. The van der Waals surface area contributed by atoms with E-state index in [4.69, 9.17) is 21.1 Å². The Morgan fingerprint density at radius 3 is 2.05 bits per heavy atom. The fraction of sp³-hybridized carbons (Fsp3) is 0.333. The third-order valence-corrected chi connectivity index (χ3v) is 4.73. The van der Waals surface area contributed by atoms with E-state index >= 15 is 0 Å². The lowest BCUT2D eigenvalue weighted by Gasteiger charge is -2.15. The molecule has 0 aromatic heterocycles. The summed E-state index contributed by atoms with van der Waals surface area (Å²) < 4.78 is 24.4. The molecule has 0 N–H and O–H groups in total. The van der Waals surface area contributed by atoms with Crippen molar-refractivity contribution in [1.82, 2.24) is 0 Å². The molecular weight excluding hydrogens is 503 g/mol. The first-order chi connectivity index (χ1) is 18.1. The highest BCUT2D eigenvalue weighted by Gasteiger charge is 2.09. The Morgan fingerprint density at radius 2 is 1.55 bits per heavy atom. The smallest absolute Gasteiger partial charge is 0.126 e. The van der Waals surface area contributed by atoms with Crippen LogP contribution in [0.25, 0.3) is 0 Å². The van der Waals surface area contributed by atoms with Gasteiger partial charge in [0.25, 0.3) is 0 Å². The summed E-state index contributed by atoms with van der Waals surface area (Å²) in [6, 6.07) is 4.63. The summed E-state index contributed by atoms with van der Waals surface area (Å²) in [5, 5.41) is 0.417. The van der Waals surface area contributed by atoms with Crippen molar-refractivity contribution in [3.63, 3.8) is 0 Å². The topological polar surface area (TPSA) is 67.9 Å². The van der Waals surface area contributed by atoms with Crippen LogP contribution in [0.4, 0.5) is 4.39 Å². The highest BCUT2D eigenvalue weighted by molar-refractivity contribution is 6.30. The molecule has 0 amide bonds. The van der Waals surface area contributed by atoms with Gasteiger partial charge >= 0.3 is 0 Å². The lowest BCUT2D eigenvalue weighted by atomic mass is 10.0. The van der Waals surface area contributed by atoms with Crippen LogP contribution >= 0.6 is 11.6 Å². The van der Waals surface area contributed by atoms with E-state index in [0.717, 1.165) is 11.1 Å². The zero-order chi connectivity index (χ0) is 28.8. The van der Waals surface area contributed by atoms with Gasteiger partial charge in [-0.15, -0.1) is 0 Å². The van der Waals surface area contributed by atoms with Gasteiger partial charge in [-0.05, 0) is 60.7 Å². The van der Waals surface area contributed by atoms with Crippen LogP contribution in [-0.2, 0) is 4.74 Å². The largest absolute Gasteiger partial charge is 0.491 e. The number of ether oxygens (including phenoxy) is 2. The van der Waals surface area contributed by atoms with Gasteiger partial charge in [-0.1, -0.05) is 58.5 Å². The zero-order valence-corrected chi connectivity index (χ0v) is 23.7. The number of benzene rings is 1. The summed E-state index contributed by atoms with van der Waals surface area (Å²) in [5.74, 6) is 1.54. The van der Waals surface area contributed by atoms with Crippen molar-refractivity contribution in [2.24, 2.45) is 25.9 Å². The number of allylic oxidation sites excluding steroid dienone is 5. The van der Waals surface area contributed by atoms with Crippen molar-refractivity contribution in [1.29, 1.82) is 0 Å². The highest BCUT2D eigenvalue weighted by Crippen LogP contribution is 2.27. The molecule has 0 aliphatic heterocycles. The van der Waals surface area contributed by atoms with Gasteiger partial charge in [0, 0.05) is 35.9 Å². The SMILES string of the molecule is C=N/C=C\C=NCCO/C(=C/C(=C)Cl)C(=C)C(C)C.C=N/C=C\C=NCCOc1cc(F)ccc1C(C)C. The molecule has 0 aliphatic carbocycles. The van der Waals surface area contributed by atoms with E-state index in [2.05, 4.69) is 46.6 Å². The summed E-state index contributed by atoms with van der Waals surface area (Å²) in [4.78, 5) is 15.3. The molecule has 8 heteroatoms. The van der Waals surface area contributed by atoms with Crippen molar-refractivity contribution < 1.29 is 13.9 Å². The molecular formula is C30H40ClFN4O2. The summed E-state index contributed by atoms with van der Waals surface area (Å²) >= 11 is 5.77. The first kappa shape index (κ1) is 34.4. The number of rotatable bonds is 16. The lowest BCUT2D eigenvalue weighted by molar-refractivity contribution is 0.225. The minimum atomic E-state index is -0.289. The molecule has 0 unspecified atom stereocenters. The normalized spacial score (nSPS) is 11.9. The third-order valence-electron chi connectivity index (χ3n) is 4.62. The van der Waals surface area contributed by atoms with Gasteiger partial charge in [0.05, 0.1) is 13.1 Å². The molecule has 0 saturated carbocycles. The van der Waals surface area contributed by atoms with E-state index < -0.39 is 0 Å². The average Bonchev–Trinajstić information content (AvgIpc) is 2.86. The number of halogens is 2.